The number of pyridine rings is 1. The van der Waals surface area contributed by atoms with Crippen LogP contribution in [0.3, 0.4) is 0 Å². The first-order chi connectivity index (χ1) is 15.4. The van der Waals surface area contributed by atoms with Crippen molar-refractivity contribution >= 4 is 32.4 Å². The third kappa shape index (κ3) is 3.71. The number of sulfonamides is 1. The van der Waals surface area contributed by atoms with Gasteiger partial charge in [-0.1, -0.05) is 18.2 Å². The van der Waals surface area contributed by atoms with Crippen LogP contribution in [-0.4, -0.2) is 31.5 Å². The molecule has 6 nitrogen and oxygen atoms in total. The molecule has 5 rings (SSSR count). The van der Waals surface area contributed by atoms with Crippen molar-refractivity contribution in [3.63, 3.8) is 0 Å². The van der Waals surface area contributed by atoms with Gasteiger partial charge in [0.1, 0.15) is 11.5 Å². The topological polar surface area (TPSA) is 78.1 Å². The Kier molecular flexibility index (Phi) is 5.09. The lowest BCUT2D eigenvalue weighted by molar-refractivity contribution is 0.601. The van der Waals surface area contributed by atoms with E-state index < -0.39 is 10.0 Å². The number of rotatable bonds is 5. The van der Waals surface area contributed by atoms with E-state index in [-0.39, 0.29) is 10.7 Å². The smallest absolute Gasteiger partial charge is 0.261 e. The molecule has 32 heavy (non-hydrogen) atoms. The Morgan fingerprint density at radius 2 is 1.84 bits per heavy atom. The largest absolute Gasteiger partial charge is 0.371 e. The second kappa shape index (κ2) is 7.94. The molecule has 4 aromatic rings. The number of halogens is 1. The van der Waals surface area contributed by atoms with Gasteiger partial charge in [-0.05, 0) is 61.2 Å². The van der Waals surface area contributed by atoms with Gasteiger partial charge in [0.25, 0.3) is 10.0 Å². The predicted molar refractivity (Wildman–Crippen MR) is 125 cm³/mol. The van der Waals surface area contributed by atoms with Crippen LogP contribution in [0.5, 0.6) is 0 Å². The second-order valence-corrected chi connectivity index (χ2v) is 9.74. The molecule has 0 saturated carbocycles. The van der Waals surface area contributed by atoms with E-state index in [1.807, 2.05) is 6.07 Å². The summed E-state index contributed by atoms with van der Waals surface area (Å²) in [7, 11) is -3.81. The van der Waals surface area contributed by atoms with E-state index in [9.17, 15) is 12.8 Å². The molecular weight excluding hydrogens is 427 g/mol. The Balaban J connectivity index is 1.65. The van der Waals surface area contributed by atoms with Gasteiger partial charge in [0.15, 0.2) is 0 Å². The van der Waals surface area contributed by atoms with Crippen LogP contribution in [0.15, 0.2) is 65.8 Å². The third-order valence-corrected chi connectivity index (χ3v) is 7.21. The van der Waals surface area contributed by atoms with Crippen molar-refractivity contribution in [3.05, 3.63) is 72.3 Å². The SMILES string of the molecule is Cc1cnc2[nH]cc(-c3cc(F)cc(N4CCCC4)c3)c2c1NS(=O)(=O)c1ccccc1. The molecule has 8 heteroatoms. The maximum absolute atomic E-state index is 14.6. The monoisotopic (exact) mass is 450 g/mol. The van der Waals surface area contributed by atoms with Gasteiger partial charge in [-0.15, -0.1) is 0 Å². The summed E-state index contributed by atoms with van der Waals surface area (Å²) in [6, 6.07) is 13.2. The van der Waals surface area contributed by atoms with E-state index in [2.05, 4.69) is 19.6 Å². The highest BCUT2D eigenvalue weighted by molar-refractivity contribution is 7.92. The van der Waals surface area contributed by atoms with Gasteiger partial charge >= 0.3 is 0 Å². The Labute approximate surface area is 186 Å². The van der Waals surface area contributed by atoms with Gasteiger partial charge in [0, 0.05) is 36.7 Å². The molecule has 2 N–H and O–H groups in total. The lowest BCUT2D eigenvalue weighted by Gasteiger charge is -2.19. The quantitative estimate of drug-likeness (QED) is 0.445. The highest BCUT2D eigenvalue weighted by Gasteiger charge is 2.21. The lowest BCUT2D eigenvalue weighted by Crippen LogP contribution is -2.17. The zero-order valence-corrected chi connectivity index (χ0v) is 18.4. The second-order valence-electron chi connectivity index (χ2n) is 8.05. The van der Waals surface area contributed by atoms with E-state index in [0.29, 0.717) is 33.4 Å². The highest BCUT2D eigenvalue weighted by Crippen LogP contribution is 2.38. The molecule has 164 valence electrons. The summed E-state index contributed by atoms with van der Waals surface area (Å²) in [4.78, 5) is 9.86. The summed E-state index contributed by atoms with van der Waals surface area (Å²) in [5.74, 6) is -0.328. The van der Waals surface area contributed by atoms with Crippen LogP contribution in [0.4, 0.5) is 15.8 Å². The Morgan fingerprint density at radius 3 is 2.59 bits per heavy atom. The molecule has 1 fully saturated rings. The average molecular weight is 451 g/mol. The zero-order chi connectivity index (χ0) is 22.3. The van der Waals surface area contributed by atoms with Crippen LogP contribution in [0, 0.1) is 12.7 Å². The Morgan fingerprint density at radius 1 is 1.09 bits per heavy atom. The normalized spacial score (nSPS) is 14.2. The fraction of sp³-hybridized carbons (Fsp3) is 0.208. The number of H-pyrrole nitrogens is 1. The summed E-state index contributed by atoms with van der Waals surface area (Å²) in [5.41, 5.74) is 3.84. The van der Waals surface area contributed by atoms with Crippen molar-refractivity contribution in [1.29, 1.82) is 0 Å². The van der Waals surface area contributed by atoms with Crippen LogP contribution in [0.2, 0.25) is 0 Å². The minimum absolute atomic E-state index is 0.170. The molecule has 2 aromatic carbocycles. The van der Waals surface area contributed by atoms with E-state index in [4.69, 9.17) is 0 Å². The first kappa shape index (κ1) is 20.5. The Hall–Kier alpha value is -3.39. The number of aromatic nitrogens is 2. The number of nitrogens with one attached hydrogen (secondary N) is 2. The lowest BCUT2D eigenvalue weighted by atomic mass is 10.0. The molecule has 1 aliphatic heterocycles. The number of hydrogen-bond acceptors (Lipinski definition) is 4. The van der Waals surface area contributed by atoms with Crippen LogP contribution >= 0.6 is 0 Å². The molecule has 0 unspecified atom stereocenters. The summed E-state index contributed by atoms with van der Waals surface area (Å²) in [6.07, 6.45) is 5.55. The van der Waals surface area contributed by atoms with E-state index in [1.54, 1.807) is 55.7 Å². The van der Waals surface area contributed by atoms with Crippen molar-refractivity contribution in [2.24, 2.45) is 0 Å². The molecule has 1 saturated heterocycles. The number of hydrogen-bond donors (Lipinski definition) is 2. The van der Waals surface area contributed by atoms with Crippen molar-refractivity contribution < 1.29 is 12.8 Å². The van der Waals surface area contributed by atoms with Crippen LogP contribution in [-0.2, 0) is 10.0 Å². The van der Waals surface area contributed by atoms with E-state index >= 15 is 0 Å². The molecule has 0 atom stereocenters. The van der Waals surface area contributed by atoms with Crippen molar-refractivity contribution in [1.82, 2.24) is 9.97 Å². The van der Waals surface area contributed by atoms with E-state index in [0.717, 1.165) is 31.6 Å². The summed E-state index contributed by atoms with van der Waals surface area (Å²) in [5, 5.41) is 0.613. The maximum Gasteiger partial charge on any atom is 0.261 e. The molecular formula is C24H23FN4O2S. The summed E-state index contributed by atoms with van der Waals surface area (Å²) in [6.45, 7) is 3.60. The van der Waals surface area contributed by atoms with Crippen molar-refractivity contribution in [3.8, 4) is 11.1 Å². The highest BCUT2D eigenvalue weighted by atomic mass is 32.2. The number of anilines is 2. The molecule has 0 amide bonds. The summed E-state index contributed by atoms with van der Waals surface area (Å²) < 4.78 is 43.4. The van der Waals surface area contributed by atoms with Gasteiger partial charge in [-0.3, -0.25) is 4.72 Å². The van der Waals surface area contributed by atoms with Gasteiger partial charge in [-0.25, -0.2) is 17.8 Å². The minimum atomic E-state index is -3.81. The molecule has 1 aliphatic rings. The van der Waals surface area contributed by atoms with E-state index in [1.165, 1.54) is 6.07 Å². The van der Waals surface area contributed by atoms with Crippen LogP contribution in [0.25, 0.3) is 22.2 Å². The average Bonchev–Trinajstić information content (AvgIpc) is 3.46. The number of nitrogens with zero attached hydrogens (tertiary/aromatic N) is 2. The van der Waals surface area contributed by atoms with Gasteiger partial charge in [-0.2, -0.15) is 0 Å². The predicted octanol–water partition coefficient (Wildman–Crippen LogP) is 5.08. The number of fused-ring (bicyclic) bond motifs is 1. The molecule has 2 aromatic heterocycles. The molecule has 0 radical (unpaired) electrons. The van der Waals surface area contributed by atoms with Crippen molar-refractivity contribution in [2.75, 3.05) is 22.7 Å². The first-order valence-corrected chi connectivity index (χ1v) is 12.0. The molecule has 3 heterocycles. The minimum Gasteiger partial charge on any atom is -0.371 e. The van der Waals surface area contributed by atoms with Gasteiger partial charge in [0.2, 0.25) is 0 Å². The zero-order valence-electron chi connectivity index (χ0n) is 17.6. The maximum atomic E-state index is 14.6. The summed E-state index contributed by atoms with van der Waals surface area (Å²) >= 11 is 0. The standard InChI is InChI=1S/C24H23FN4O2S/c1-16-14-26-24-22(23(16)28-32(30,31)20-7-3-2-4-8-20)21(15-27-24)17-11-18(25)13-19(12-17)29-9-5-6-10-29/h2-4,7-8,11-15H,5-6,9-10H2,1H3,(H2,26,27,28). The fourth-order valence-corrected chi connectivity index (χ4v) is 5.40. The van der Waals surface area contributed by atoms with Crippen molar-refractivity contribution in [2.45, 2.75) is 24.7 Å². The first-order valence-electron chi connectivity index (χ1n) is 10.5. The molecule has 0 spiro atoms. The fourth-order valence-electron chi connectivity index (χ4n) is 4.23. The van der Waals surface area contributed by atoms with Gasteiger partial charge in [0.05, 0.1) is 16.0 Å². The molecule has 0 bridgehead atoms. The van der Waals surface area contributed by atoms with Crippen LogP contribution in [0.1, 0.15) is 18.4 Å². The molecule has 0 aliphatic carbocycles. The number of aromatic amines is 1. The third-order valence-electron chi connectivity index (χ3n) is 5.85. The number of aryl methyl sites for hydroxylation is 1. The van der Waals surface area contributed by atoms with Gasteiger partial charge < -0.3 is 9.88 Å². The number of benzene rings is 2. The Bertz CT molecular complexity index is 1390. The van der Waals surface area contributed by atoms with Crippen LogP contribution < -0.4 is 9.62 Å².